The van der Waals surface area contributed by atoms with Gasteiger partial charge in [0.25, 0.3) is 0 Å². The molecule has 110 valence electrons. The largest absolute Gasteiger partial charge is 0.481 e. The fraction of sp³-hybridized carbons (Fsp3) is 0.375. The van der Waals surface area contributed by atoms with E-state index in [9.17, 15) is 9.90 Å². The first-order valence-corrected chi connectivity index (χ1v) is 7.05. The highest BCUT2D eigenvalue weighted by molar-refractivity contribution is 5.72. The molecule has 5 nitrogen and oxygen atoms in total. The zero-order valence-corrected chi connectivity index (χ0v) is 11.9. The van der Waals surface area contributed by atoms with Gasteiger partial charge in [-0.2, -0.15) is 0 Å². The molecule has 3 rings (SSSR count). The molecule has 0 saturated carbocycles. The number of aliphatic carboxylic acids is 1. The molecule has 0 radical (unpaired) electrons. The fourth-order valence-corrected chi connectivity index (χ4v) is 2.95. The third-order valence-corrected chi connectivity index (χ3v) is 3.96. The van der Waals surface area contributed by atoms with Crippen LogP contribution < -0.4 is 0 Å². The average molecular weight is 286 g/mol. The minimum Gasteiger partial charge on any atom is -0.481 e. The lowest BCUT2D eigenvalue weighted by Gasteiger charge is -2.14. The Morgan fingerprint density at radius 1 is 1.38 bits per heavy atom. The molecule has 0 amide bonds. The van der Waals surface area contributed by atoms with E-state index in [1.165, 1.54) is 0 Å². The quantitative estimate of drug-likeness (QED) is 0.934. The molecule has 0 aromatic carbocycles. The summed E-state index contributed by atoms with van der Waals surface area (Å²) in [6, 6.07) is 9.52. The molecule has 21 heavy (non-hydrogen) atoms. The van der Waals surface area contributed by atoms with Gasteiger partial charge in [0.1, 0.15) is 11.5 Å². The van der Waals surface area contributed by atoms with Crippen molar-refractivity contribution in [3.63, 3.8) is 0 Å². The van der Waals surface area contributed by atoms with Crippen LogP contribution in [0.2, 0.25) is 0 Å². The molecule has 2 aromatic rings. The van der Waals surface area contributed by atoms with E-state index in [1.807, 2.05) is 37.3 Å². The van der Waals surface area contributed by atoms with Crippen molar-refractivity contribution < 1.29 is 14.3 Å². The average Bonchev–Trinajstić information content (AvgIpc) is 3.07. The third kappa shape index (κ3) is 2.97. The lowest BCUT2D eigenvalue weighted by Crippen LogP contribution is -2.23. The van der Waals surface area contributed by atoms with Crippen LogP contribution in [0.1, 0.15) is 23.1 Å². The van der Waals surface area contributed by atoms with Crippen LogP contribution in [-0.4, -0.2) is 34.0 Å². The number of carbonyl (C=O) groups is 1. The summed E-state index contributed by atoms with van der Waals surface area (Å²) < 4.78 is 5.58. The van der Waals surface area contributed by atoms with E-state index in [0.29, 0.717) is 19.6 Å². The van der Waals surface area contributed by atoms with Gasteiger partial charge in [-0.25, -0.2) is 0 Å². The van der Waals surface area contributed by atoms with Gasteiger partial charge < -0.3 is 9.52 Å². The van der Waals surface area contributed by atoms with Crippen molar-refractivity contribution in [2.75, 3.05) is 13.1 Å². The lowest BCUT2D eigenvalue weighted by atomic mass is 9.93. The minimum atomic E-state index is -0.760. The number of pyridine rings is 1. The van der Waals surface area contributed by atoms with Crippen LogP contribution in [0, 0.1) is 12.8 Å². The number of aromatic nitrogens is 1. The van der Waals surface area contributed by atoms with Crippen LogP contribution in [0.3, 0.4) is 0 Å². The van der Waals surface area contributed by atoms with Crippen molar-refractivity contribution in [3.8, 4) is 0 Å². The molecule has 2 aromatic heterocycles. The number of carboxylic acids is 1. The highest BCUT2D eigenvalue weighted by Gasteiger charge is 2.39. The maximum absolute atomic E-state index is 11.5. The van der Waals surface area contributed by atoms with Crippen LogP contribution in [0.5, 0.6) is 0 Å². The Kier molecular flexibility index (Phi) is 3.75. The van der Waals surface area contributed by atoms with Gasteiger partial charge in [0, 0.05) is 30.9 Å². The zero-order chi connectivity index (χ0) is 14.8. The number of furan rings is 1. The van der Waals surface area contributed by atoms with Gasteiger partial charge in [0.2, 0.25) is 0 Å². The number of hydrogen-bond donors (Lipinski definition) is 1. The topological polar surface area (TPSA) is 66.6 Å². The smallest absolute Gasteiger partial charge is 0.308 e. The number of aryl methyl sites for hydroxylation is 1. The molecule has 1 fully saturated rings. The van der Waals surface area contributed by atoms with E-state index >= 15 is 0 Å². The summed E-state index contributed by atoms with van der Waals surface area (Å²) in [6.45, 7) is 3.76. The van der Waals surface area contributed by atoms with Crippen molar-refractivity contribution in [1.29, 1.82) is 0 Å². The van der Waals surface area contributed by atoms with Crippen LogP contribution in [0.25, 0.3) is 0 Å². The van der Waals surface area contributed by atoms with E-state index in [4.69, 9.17) is 4.42 Å². The number of likely N-dealkylation sites (tertiary alicyclic amines) is 1. The van der Waals surface area contributed by atoms with Gasteiger partial charge in [-0.15, -0.1) is 0 Å². The first-order chi connectivity index (χ1) is 10.1. The van der Waals surface area contributed by atoms with Gasteiger partial charge in [-0.1, -0.05) is 6.07 Å². The van der Waals surface area contributed by atoms with Crippen LogP contribution in [0.4, 0.5) is 0 Å². The third-order valence-electron chi connectivity index (χ3n) is 3.96. The predicted octanol–water partition coefficient (Wildman–Crippen LogP) is 2.28. The summed E-state index contributed by atoms with van der Waals surface area (Å²) in [5.41, 5.74) is 0.850. The number of rotatable bonds is 4. The van der Waals surface area contributed by atoms with Gasteiger partial charge in [0.15, 0.2) is 0 Å². The molecule has 0 spiro atoms. The Morgan fingerprint density at radius 3 is 2.86 bits per heavy atom. The summed E-state index contributed by atoms with van der Waals surface area (Å²) >= 11 is 0. The summed E-state index contributed by atoms with van der Waals surface area (Å²) in [4.78, 5) is 18.0. The standard InChI is InChI=1S/C16H18N2O3/c1-11-5-6-12(21-11)8-18-9-13(14(10-18)16(19)20)15-4-2-3-7-17-15/h2-7,13-14H,8-10H2,1H3,(H,19,20)/t13-,14-/m0/s1. The van der Waals surface area contributed by atoms with Gasteiger partial charge in [0.05, 0.1) is 12.5 Å². The molecular weight excluding hydrogens is 268 g/mol. The van der Waals surface area contributed by atoms with E-state index in [0.717, 1.165) is 17.2 Å². The van der Waals surface area contributed by atoms with E-state index < -0.39 is 11.9 Å². The molecule has 0 aliphatic carbocycles. The van der Waals surface area contributed by atoms with Crippen LogP contribution in [-0.2, 0) is 11.3 Å². The highest BCUT2D eigenvalue weighted by Crippen LogP contribution is 2.32. The molecule has 0 unspecified atom stereocenters. The van der Waals surface area contributed by atoms with Gasteiger partial charge in [-0.05, 0) is 31.2 Å². The van der Waals surface area contributed by atoms with Crippen molar-refractivity contribution in [2.24, 2.45) is 5.92 Å². The normalized spacial score (nSPS) is 22.5. The lowest BCUT2D eigenvalue weighted by molar-refractivity contribution is -0.141. The van der Waals surface area contributed by atoms with Gasteiger partial charge >= 0.3 is 5.97 Å². The van der Waals surface area contributed by atoms with Crippen molar-refractivity contribution in [2.45, 2.75) is 19.4 Å². The summed E-state index contributed by atoms with van der Waals surface area (Å²) in [5, 5.41) is 9.46. The van der Waals surface area contributed by atoms with E-state index in [2.05, 4.69) is 9.88 Å². The molecule has 1 aliphatic heterocycles. The Balaban J connectivity index is 1.76. The maximum Gasteiger partial charge on any atom is 0.308 e. The molecule has 2 atom stereocenters. The summed E-state index contributed by atoms with van der Waals surface area (Å²) in [5.74, 6) is 0.498. The molecule has 3 heterocycles. The monoisotopic (exact) mass is 286 g/mol. The second kappa shape index (κ2) is 5.69. The van der Waals surface area contributed by atoms with Gasteiger partial charge in [-0.3, -0.25) is 14.7 Å². The molecular formula is C16H18N2O3. The Morgan fingerprint density at radius 2 is 2.24 bits per heavy atom. The van der Waals surface area contributed by atoms with E-state index in [1.54, 1.807) is 6.20 Å². The van der Waals surface area contributed by atoms with Crippen molar-refractivity contribution >= 4 is 5.97 Å². The Hall–Kier alpha value is -2.14. The predicted molar refractivity (Wildman–Crippen MR) is 76.8 cm³/mol. The SMILES string of the molecule is Cc1ccc(CN2C[C@H](C(=O)O)[C@@H](c3ccccn3)C2)o1. The second-order valence-corrected chi connectivity index (χ2v) is 5.51. The zero-order valence-electron chi connectivity index (χ0n) is 11.9. The molecule has 5 heteroatoms. The minimum absolute atomic E-state index is 0.0697. The summed E-state index contributed by atoms with van der Waals surface area (Å²) in [6.07, 6.45) is 1.72. The first kappa shape index (κ1) is 13.8. The number of hydrogen-bond acceptors (Lipinski definition) is 4. The molecule has 1 aliphatic rings. The molecule has 1 N–H and O–H groups in total. The molecule has 1 saturated heterocycles. The maximum atomic E-state index is 11.5. The Bertz CT molecular complexity index is 623. The van der Waals surface area contributed by atoms with Crippen LogP contribution in [0.15, 0.2) is 40.9 Å². The fourth-order valence-electron chi connectivity index (χ4n) is 2.95. The number of carboxylic acid groups (broad SMARTS) is 1. The van der Waals surface area contributed by atoms with E-state index in [-0.39, 0.29) is 5.92 Å². The molecule has 0 bridgehead atoms. The number of nitrogens with zero attached hydrogens (tertiary/aromatic N) is 2. The van der Waals surface area contributed by atoms with Crippen molar-refractivity contribution in [1.82, 2.24) is 9.88 Å². The second-order valence-electron chi connectivity index (χ2n) is 5.51. The summed E-state index contributed by atoms with van der Waals surface area (Å²) in [7, 11) is 0. The highest BCUT2D eigenvalue weighted by atomic mass is 16.4. The Labute approximate surface area is 123 Å². The van der Waals surface area contributed by atoms with Crippen molar-refractivity contribution in [3.05, 3.63) is 53.7 Å². The first-order valence-electron chi connectivity index (χ1n) is 7.05. The van der Waals surface area contributed by atoms with Crippen LogP contribution >= 0.6 is 0 Å².